The van der Waals surface area contributed by atoms with Gasteiger partial charge in [-0.1, -0.05) is 29.8 Å². The highest BCUT2D eigenvalue weighted by atomic mass is 79.9. The quantitative estimate of drug-likeness (QED) is 0.660. The minimum absolute atomic E-state index is 0.395. The lowest BCUT2D eigenvalue weighted by Gasteiger charge is -2.14. The maximum atomic E-state index is 6.11. The second kappa shape index (κ2) is 6.03. The zero-order chi connectivity index (χ0) is 12.3. The average Bonchev–Trinajstić information content (AvgIpc) is 2.71. The maximum absolute atomic E-state index is 6.11. The van der Waals surface area contributed by atoms with Gasteiger partial charge >= 0.3 is 0 Å². The fourth-order valence-electron chi connectivity index (χ4n) is 1.88. The first-order valence-corrected chi connectivity index (χ1v) is 7.76. The number of hydrogen-bond acceptors (Lipinski definition) is 1. The molecule has 1 aromatic carbocycles. The third kappa shape index (κ3) is 3.34. The molecule has 3 heteroatoms. The lowest BCUT2D eigenvalue weighted by molar-refractivity contribution is 0.773. The van der Waals surface area contributed by atoms with Gasteiger partial charge in [-0.25, -0.2) is 0 Å². The van der Waals surface area contributed by atoms with Crippen molar-refractivity contribution >= 4 is 38.9 Å². The smallest absolute Gasteiger partial charge is 0.0314 e. The Morgan fingerprint density at radius 3 is 2.76 bits per heavy atom. The molecule has 1 heterocycles. The van der Waals surface area contributed by atoms with Crippen LogP contribution in [0.3, 0.4) is 0 Å². The number of hydrogen-bond donors (Lipinski definition) is 0. The van der Waals surface area contributed by atoms with E-state index in [1.54, 1.807) is 11.3 Å². The highest BCUT2D eigenvalue weighted by molar-refractivity contribution is 9.10. The van der Waals surface area contributed by atoms with Crippen LogP contribution in [0, 0.1) is 6.92 Å². The molecule has 90 valence electrons. The van der Waals surface area contributed by atoms with Gasteiger partial charge < -0.3 is 0 Å². The van der Waals surface area contributed by atoms with Gasteiger partial charge in [0.1, 0.15) is 0 Å². The van der Waals surface area contributed by atoms with E-state index in [9.17, 15) is 0 Å². The van der Waals surface area contributed by atoms with Crippen molar-refractivity contribution < 1.29 is 0 Å². The molecule has 1 atom stereocenters. The van der Waals surface area contributed by atoms with E-state index in [1.807, 2.05) is 0 Å². The summed E-state index contributed by atoms with van der Waals surface area (Å²) in [4.78, 5) is 1.37. The summed E-state index contributed by atoms with van der Waals surface area (Å²) in [5.74, 6) is 1.06. The summed E-state index contributed by atoms with van der Waals surface area (Å²) in [6.45, 7) is 2.12. The average molecular weight is 330 g/mol. The van der Waals surface area contributed by atoms with Crippen molar-refractivity contribution in [2.24, 2.45) is 0 Å². The highest BCUT2D eigenvalue weighted by Gasteiger charge is 2.14. The summed E-state index contributed by atoms with van der Waals surface area (Å²) in [5, 5.41) is 2.11. The van der Waals surface area contributed by atoms with Gasteiger partial charge in [0, 0.05) is 21.1 Å². The van der Waals surface area contributed by atoms with Crippen LogP contribution in [0.25, 0.3) is 0 Å². The molecule has 0 saturated carbocycles. The predicted octanol–water partition coefficient (Wildman–Crippen LogP) is 5.38. The molecule has 0 aliphatic rings. The molecule has 1 aromatic heterocycles. The van der Waals surface area contributed by atoms with Gasteiger partial charge in [-0.2, -0.15) is 0 Å². The normalized spacial score (nSPS) is 12.6. The summed E-state index contributed by atoms with van der Waals surface area (Å²) in [6.07, 6.45) is 1.01. The Hall–Kier alpha value is -0.310. The lowest BCUT2D eigenvalue weighted by Crippen LogP contribution is -2.04. The van der Waals surface area contributed by atoms with Crippen LogP contribution in [0.1, 0.15) is 21.9 Å². The van der Waals surface area contributed by atoms with E-state index in [0.717, 1.165) is 6.42 Å². The van der Waals surface area contributed by atoms with E-state index in [2.05, 4.69) is 58.6 Å². The Labute approximate surface area is 120 Å². The standard InChI is InChI=1S/C14H14BrClS/c1-10-3-2-4-11(7-10)12(9-16)8-14-13(15)5-6-17-14/h2-7,12H,8-9H2,1H3. The van der Waals surface area contributed by atoms with Gasteiger partial charge in [0.25, 0.3) is 0 Å². The molecule has 0 fully saturated rings. The first-order chi connectivity index (χ1) is 8.20. The van der Waals surface area contributed by atoms with Crippen LogP contribution in [0.2, 0.25) is 0 Å². The number of aryl methyl sites for hydroxylation is 1. The monoisotopic (exact) mass is 328 g/mol. The molecular weight excluding hydrogens is 316 g/mol. The number of rotatable bonds is 4. The van der Waals surface area contributed by atoms with E-state index in [1.165, 1.54) is 20.5 Å². The molecule has 1 unspecified atom stereocenters. The molecular formula is C14H14BrClS. The minimum Gasteiger partial charge on any atom is -0.148 e. The fourth-order valence-corrected chi connectivity index (χ4v) is 3.76. The molecule has 0 aliphatic heterocycles. The summed E-state index contributed by atoms with van der Waals surface area (Å²) in [5.41, 5.74) is 2.63. The van der Waals surface area contributed by atoms with Crippen molar-refractivity contribution in [3.8, 4) is 0 Å². The van der Waals surface area contributed by atoms with E-state index < -0.39 is 0 Å². The first kappa shape index (κ1) is 13.1. The van der Waals surface area contributed by atoms with Crippen molar-refractivity contribution in [1.82, 2.24) is 0 Å². The summed E-state index contributed by atoms with van der Waals surface area (Å²) < 4.78 is 1.20. The predicted molar refractivity (Wildman–Crippen MR) is 80.4 cm³/mol. The molecule has 0 aliphatic carbocycles. The Kier molecular flexibility index (Phi) is 4.66. The zero-order valence-electron chi connectivity index (χ0n) is 9.62. The van der Waals surface area contributed by atoms with Crippen LogP contribution in [0.5, 0.6) is 0 Å². The van der Waals surface area contributed by atoms with Gasteiger partial charge in [0.15, 0.2) is 0 Å². The molecule has 2 rings (SSSR count). The number of halogens is 2. The number of alkyl halides is 1. The Morgan fingerprint density at radius 1 is 1.35 bits per heavy atom. The molecule has 0 spiro atoms. The van der Waals surface area contributed by atoms with Gasteiger partial charge in [-0.15, -0.1) is 22.9 Å². The minimum atomic E-state index is 0.395. The van der Waals surface area contributed by atoms with Crippen molar-refractivity contribution in [3.63, 3.8) is 0 Å². The first-order valence-electron chi connectivity index (χ1n) is 5.55. The molecule has 0 nitrogen and oxygen atoms in total. The van der Waals surface area contributed by atoms with Crippen molar-refractivity contribution in [3.05, 3.63) is 56.2 Å². The van der Waals surface area contributed by atoms with Crippen LogP contribution >= 0.6 is 38.9 Å². The van der Waals surface area contributed by atoms with E-state index in [0.29, 0.717) is 11.8 Å². The van der Waals surface area contributed by atoms with E-state index >= 15 is 0 Å². The van der Waals surface area contributed by atoms with E-state index in [4.69, 9.17) is 11.6 Å². The van der Waals surface area contributed by atoms with E-state index in [-0.39, 0.29) is 0 Å². The van der Waals surface area contributed by atoms with Gasteiger partial charge in [-0.05, 0) is 46.3 Å². The summed E-state index contributed by atoms with van der Waals surface area (Å²) >= 11 is 11.5. The van der Waals surface area contributed by atoms with Crippen molar-refractivity contribution in [1.29, 1.82) is 0 Å². The maximum Gasteiger partial charge on any atom is 0.0314 e. The highest BCUT2D eigenvalue weighted by Crippen LogP contribution is 2.30. The third-order valence-electron chi connectivity index (χ3n) is 2.82. The molecule has 2 aromatic rings. The molecule has 0 amide bonds. The topological polar surface area (TPSA) is 0 Å². The second-order valence-electron chi connectivity index (χ2n) is 4.16. The van der Waals surface area contributed by atoms with Crippen LogP contribution < -0.4 is 0 Å². The van der Waals surface area contributed by atoms with Crippen LogP contribution in [-0.2, 0) is 6.42 Å². The van der Waals surface area contributed by atoms with Crippen LogP contribution in [-0.4, -0.2) is 5.88 Å². The van der Waals surface area contributed by atoms with Gasteiger partial charge in [0.05, 0.1) is 0 Å². The Balaban J connectivity index is 2.20. The van der Waals surface area contributed by atoms with Crippen molar-refractivity contribution in [2.75, 3.05) is 5.88 Å². The van der Waals surface area contributed by atoms with Crippen LogP contribution in [0.15, 0.2) is 40.2 Å². The van der Waals surface area contributed by atoms with Gasteiger partial charge in [-0.3, -0.25) is 0 Å². The molecule has 0 radical (unpaired) electrons. The summed E-state index contributed by atoms with van der Waals surface area (Å²) in [7, 11) is 0. The zero-order valence-corrected chi connectivity index (χ0v) is 12.8. The molecule has 0 N–H and O–H groups in total. The largest absolute Gasteiger partial charge is 0.148 e. The van der Waals surface area contributed by atoms with Crippen LogP contribution in [0.4, 0.5) is 0 Å². The third-order valence-corrected chi connectivity index (χ3v) is 5.14. The lowest BCUT2D eigenvalue weighted by atomic mass is 9.95. The second-order valence-corrected chi connectivity index (χ2v) is 6.32. The number of benzene rings is 1. The molecule has 0 bridgehead atoms. The van der Waals surface area contributed by atoms with Crippen molar-refractivity contribution in [2.45, 2.75) is 19.3 Å². The Bertz CT molecular complexity index is 492. The molecule has 0 saturated heterocycles. The fraction of sp³-hybridized carbons (Fsp3) is 0.286. The Morgan fingerprint density at radius 2 is 2.18 bits per heavy atom. The summed E-state index contributed by atoms with van der Waals surface area (Å²) in [6, 6.07) is 10.7. The van der Waals surface area contributed by atoms with Gasteiger partial charge in [0.2, 0.25) is 0 Å². The SMILES string of the molecule is Cc1cccc(C(CCl)Cc2sccc2Br)c1. The number of thiophene rings is 1. The molecule has 17 heavy (non-hydrogen) atoms.